The van der Waals surface area contributed by atoms with E-state index in [9.17, 15) is 24.0 Å². The molecule has 5 fully saturated rings. The molecule has 14 heteroatoms. The summed E-state index contributed by atoms with van der Waals surface area (Å²) in [5.74, 6) is 19.2. The zero-order valence-electron chi connectivity index (χ0n) is 91.8. The van der Waals surface area contributed by atoms with Crippen molar-refractivity contribution in [2.24, 2.45) is 14.1 Å². The smallest absolute Gasteiger partial charge is 0.217 e. The number of Topliss-reactive ketones (excluding diaryl/α,β-unsaturated/α-hetero) is 5. The summed E-state index contributed by atoms with van der Waals surface area (Å²) >= 11 is 0. The molecule has 145 heavy (non-hydrogen) atoms. The summed E-state index contributed by atoms with van der Waals surface area (Å²) in [6.45, 7) is 23.9. The fraction of sp³-hybridized carbons (Fsp3) is 0.519. The van der Waals surface area contributed by atoms with Crippen LogP contribution in [-0.2, 0) is 90.4 Å². The number of fused-ring (bicyclic) bond motifs is 2. The molecule has 784 valence electrons. The Morgan fingerprint density at radius 2 is 0.600 bits per heavy atom. The average molecular weight is 2090 g/mol. The summed E-state index contributed by atoms with van der Waals surface area (Å²) < 4.78 is 3.99. The molecule has 0 atom stereocenters. The predicted octanol–water partition coefficient (Wildman–Crippen LogP) is 34.2. The van der Waals surface area contributed by atoms with Crippen molar-refractivity contribution in [2.45, 2.75) is 353 Å². The van der Waals surface area contributed by atoms with Crippen LogP contribution in [0.2, 0.25) is 0 Å². The number of aryl methyl sites for hydroxylation is 3. The Bertz CT molecular complexity index is 5360. The first-order valence-electron chi connectivity index (χ1n) is 56.4. The van der Waals surface area contributed by atoms with Crippen molar-refractivity contribution in [2.75, 3.05) is 80.5 Å². The molecule has 1 saturated carbocycles. The van der Waals surface area contributed by atoms with Crippen LogP contribution in [-0.4, -0.2) is 133 Å². The monoisotopic (exact) mass is 2090 g/mol. The van der Waals surface area contributed by atoms with E-state index in [1.54, 1.807) is 4.90 Å². The van der Waals surface area contributed by atoms with Gasteiger partial charge in [-0.1, -0.05) is 368 Å². The van der Waals surface area contributed by atoms with Gasteiger partial charge >= 0.3 is 0 Å². The van der Waals surface area contributed by atoms with Crippen LogP contribution in [0.15, 0.2) is 281 Å². The van der Waals surface area contributed by atoms with Gasteiger partial charge in [-0.2, -0.15) is 0 Å². The number of hydrogen-bond acceptors (Lipinski definition) is 5. The Labute approximate surface area is 900 Å². The minimum absolute atomic E-state index is 0.0892. The first-order valence-corrected chi connectivity index (χ1v) is 67.4. The van der Waals surface area contributed by atoms with E-state index in [1.165, 1.54) is 354 Å². The molecule has 4 saturated heterocycles. The van der Waals surface area contributed by atoms with E-state index in [2.05, 4.69) is 245 Å². The molecule has 16 rings (SSSR count). The van der Waals surface area contributed by atoms with Crippen LogP contribution in [0.25, 0.3) is 21.8 Å². The van der Waals surface area contributed by atoms with Crippen LogP contribution in [0.5, 0.6) is 0 Å². The lowest BCUT2D eigenvalue weighted by Crippen LogP contribution is -2.41. The fourth-order valence-corrected chi connectivity index (χ4v) is 38.2. The number of rotatable bonds is 48. The van der Waals surface area contributed by atoms with Gasteiger partial charge in [0.05, 0.1) is 34.2 Å². The Kier molecular flexibility index (Phi) is 54.9. The molecule has 0 unspecified atom stereocenters. The SMILES string of the molecule is CC(C)(C(=O)c1ccc(C2CCCCC2)cc1)[S+]1CCCC1.CC(C)(C(=O)c1ccccc1)[S+]1CCCC1.CCCCCCCCCCCC[S+](CCCCCCCCCCCC)CC(=O)c1ccccc1.CCCC[S+](CCCC)CC(=O)c1ccccc1.Cc1ccc(C(=O)C(C)(C)[S+]2CCCC2)cc1.Cn1cc([S+](c2ccccc2)c2ccccc2)c2ccccc21.Cn1cc([S+]2CCCC2)c2ccccc21. The Balaban J connectivity index is 0.000000176. The number of para-hydroxylation sites is 2. The van der Waals surface area contributed by atoms with Gasteiger partial charge in [-0.05, 0) is 233 Å². The van der Waals surface area contributed by atoms with Crippen LogP contribution < -0.4 is 0 Å². The molecule has 4 aliphatic heterocycles. The number of aromatic nitrogens is 2. The van der Waals surface area contributed by atoms with Gasteiger partial charge in [-0.3, -0.25) is 24.0 Å². The maximum Gasteiger partial charge on any atom is 0.217 e. The summed E-state index contributed by atoms with van der Waals surface area (Å²) in [6.07, 6.45) is 54.8. The average Bonchev–Trinajstić information content (AvgIpc) is 1.62. The van der Waals surface area contributed by atoms with Gasteiger partial charge in [-0.15, -0.1) is 0 Å². The lowest BCUT2D eigenvalue weighted by atomic mass is 9.83. The highest BCUT2D eigenvalue weighted by molar-refractivity contribution is 8.00. The third-order valence-corrected chi connectivity index (χ3v) is 48.9. The van der Waals surface area contributed by atoms with Crippen molar-refractivity contribution >= 4 is 127 Å². The maximum absolute atomic E-state index is 12.9. The molecule has 0 spiro atoms. The van der Waals surface area contributed by atoms with Crippen LogP contribution in [0, 0.1) is 6.92 Å². The van der Waals surface area contributed by atoms with Crippen molar-refractivity contribution < 1.29 is 24.0 Å². The van der Waals surface area contributed by atoms with Crippen LogP contribution in [0.4, 0.5) is 0 Å². The van der Waals surface area contributed by atoms with Gasteiger partial charge in [0.25, 0.3) is 0 Å². The zero-order valence-corrected chi connectivity index (χ0v) is 97.5. The molecule has 7 nitrogen and oxygen atoms in total. The minimum atomic E-state index is -0.178. The van der Waals surface area contributed by atoms with E-state index in [4.69, 9.17) is 0 Å². The van der Waals surface area contributed by atoms with Crippen molar-refractivity contribution in [3.05, 3.63) is 300 Å². The number of benzene rings is 9. The quantitative estimate of drug-likeness (QED) is 0.0215. The standard InChI is InChI=1S/C32H57OS.C21H18NS.C20H29OS.C16H25OS.C15H21OS.C14H19OS.C13H16NS/c1-3-5-7-9-11-13-15-17-19-24-28-34(30-32(33)31-26-22-21-23-27-31)29-25-20-18-16-14-12-10-8-6-4-2;1-22-16-21(19-14-8-9-15-20(19)22)23(17-10-4-2-5-11-17)18-12-6-3-7-13-18;1-20(2,22-14-6-7-15-22)19(21)18-12-10-17(11-13-18)16-8-4-3-5-9-16;1-3-5-12-18(13-6-4-2)14-16(17)15-10-8-7-9-11-15;1-12-6-8-13(9-7-12)14(16)15(2,3)17-10-4-5-11-17;1-14(2,16-10-6-7-11-16)13(15)12-8-4-3-5-9-12;1-14-10-13(15-8-4-5-9-15)11-6-2-3-7-12(11)14/h21-23,26-27H,3-20,24-25,28-30H2,1-2H3;2-16H,1H3;10-13,16H,3-9,14-15H2,1-2H3;7-11H,3-6,12-14H2,1-2H3;6-9H,4-5,10-11H2,1-3H3;3-5,8-9H,6-7,10-11H2,1-2H3;2-3,6-7,10H,4-5,8-9H2,1H3/q7*+1. The van der Waals surface area contributed by atoms with Crippen molar-refractivity contribution in [3.8, 4) is 0 Å². The third-order valence-electron chi connectivity index (χ3n) is 29.7. The molecule has 1 aliphatic carbocycles. The summed E-state index contributed by atoms with van der Waals surface area (Å²) in [6, 6.07) is 85.1. The highest BCUT2D eigenvalue weighted by Gasteiger charge is 2.50. The number of nitrogens with zero attached hydrogens (tertiary/aromatic N) is 2. The van der Waals surface area contributed by atoms with Crippen molar-refractivity contribution in [1.29, 1.82) is 0 Å². The number of carbonyl (C=O) groups is 5. The van der Waals surface area contributed by atoms with Gasteiger partial charge in [0.1, 0.15) is 79.9 Å². The predicted molar refractivity (Wildman–Crippen MR) is 649 cm³/mol. The fourth-order valence-electron chi connectivity index (χ4n) is 20.5. The van der Waals surface area contributed by atoms with Gasteiger partial charge in [0.2, 0.25) is 28.9 Å². The second-order valence-electron chi connectivity index (χ2n) is 42.3. The number of ketones is 5. The minimum Gasteiger partial charge on any atom is -0.346 e. The van der Waals surface area contributed by atoms with E-state index in [1.807, 2.05) is 115 Å². The molecule has 9 aromatic carbocycles. The topological polar surface area (TPSA) is 95.2 Å². The first kappa shape index (κ1) is 120. The Morgan fingerprint density at radius 3 is 0.979 bits per heavy atom. The van der Waals surface area contributed by atoms with Gasteiger partial charge in [-0.25, -0.2) is 0 Å². The first-order chi connectivity index (χ1) is 70.5. The van der Waals surface area contributed by atoms with E-state index in [-0.39, 0.29) is 68.7 Å². The maximum atomic E-state index is 12.9. The molecule has 5 aliphatic rings. The summed E-state index contributed by atoms with van der Waals surface area (Å²) in [7, 11) is 6.13. The Hall–Kier alpha value is -7.14. The van der Waals surface area contributed by atoms with Crippen LogP contribution >= 0.6 is 0 Å². The molecular weight excluding hydrogens is 1910 g/mol. The highest BCUT2D eigenvalue weighted by Crippen LogP contribution is 2.40. The lowest BCUT2D eigenvalue weighted by Gasteiger charge is -2.23. The molecular formula is C131H185N2O5S7+7. The molecule has 0 bridgehead atoms. The zero-order chi connectivity index (χ0) is 103. The third kappa shape index (κ3) is 39.6. The largest absolute Gasteiger partial charge is 0.346 e. The van der Waals surface area contributed by atoms with Gasteiger partial charge in [0.15, 0.2) is 45.3 Å². The molecule has 11 aromatic rings. The van der Waals surface area contributed by atoms with Gasteiger partial charge in [0, 0.05) is 85.5 Å². The molecule has 0 radical (unpaired) electrons. The highest BCUT2D eigenvalue weighted by atomic mass is 32.2. The van der Waals surface area contributed by atoms with E-state index in [0.717, 1.165) is 45.2 Å². The van der Waals surface area contributed by atoms with Crippen LogP contribution in [0.1, 0.15) is 376 Å². The van der Waals surface area contributed by atoms with Crippen molar-refractivity contribution in [3.63, 3.8) is 0 Å². The Morgan fingerprint density at radius 1 is 0.303 bits per heavy atom. The second kappa shape index (κ2) is 66.5. The summed E-state index contributed by atoms with van der Waals surface area (Å²) in [5, 5.41) is 2.82. The number of carbonyl (C=O) groups excluding carboxylic acids is 5. The molecule has 0 amide bonds. The van der Waals surface area contributed by atoms with E-state index < -0.39 is 0 Å². The van der Waals surface area contributed by atoms with Crippen molar-refractivity contribution in [1.82, 2.24) is 9.13 Å². The summed E-state index contributed by atoms with van der Waals surface area (Å²) in [5.41, 5.74) is 9.77. The molecule has 2 aromatic heterocycles. The summed E-state index contributed by atoms with van der Waals surface area (Å²) in [4.78, 5) is 68.7. The molecule has 6 heterocycles. The number of hydrogen-bond donors (Lipinski definition) is 0. The van der Waals surface area contributed by atoms with Gasteiger partial charge < -0.3 is 9.13 Å². The van der Waals surface area contributed by atoms with Crippen LogP contribution in [0.3, 0.4) is 0 Å². The normalized spacial score (nSPS) is 14.8. The molecule has 0 N–H and O–H groups in total. The number of unbranched alkanes of at least 4 members (excludes halogenated alkanes) is 20. The second-order valence-corrected chi connectivity index (χ2v) is 59.7. The lowest BCUT2D eigenvalue weighted by molar-refractivity contribution is 0.0949. The van der Waals surface area contributed by atoms with E-state index >= 15 is 0 Å². The van der Waals surface area contributed by atoms with E-state index in [0.29, 0.717) is 50.7 Å².